The van der Waals surface area contributed by atoms with Crippen LogP contribution in [0, 0.1) is 0 Å². The van der Waals surface area contributed by atoms with Gasteiger partial charge in [0.05, 0.1) is 30.7 Å². The fourth-order valence-electron chi connectivity index (χ4n) is 4.98. The van der Waals surface area contributed by atoms with Crippen molar-refractivity contribution in [3.8, 4) is 33.8 Å². The molecule has 0 fully saturated rings. The van der Waals surface area contributed by atoms with E-state index in [0.717, 1.165) is 45.1 Å². The van der Waals surface area contributed by atoms with Crippen molar-refractivity contribution < 1.29 is 14.6 Å². The van der Waals surface area contributed by atoms with Gasteiger partial charge in [-0.25, -0.2) is 9.78 Å². The van der Waals surface area contributed by atoms with Crippen LogP contribution in [0.5, 0.6) is 5.75 Å². The molecule has 0 aliphatic carbocycles. The highest BCUT2D eigenvalue weighted by molar-refractivity contribution is 5.85. The zero-order valence-electron chi connectivity index (χ0n) is 21.1. The largest absolute Gasteiger partial charge is 0.497 e. The Morgan fingerprint density at radius 2 is 1.95 bits per heavy atom. The Morgan fingerprint density at radius 1 is 1.13 bits per heavy atom. The number of carboxylic acid groups (broad SMARTS) is 1. The third-order valence-electron chi connectivity index (χ3n) is 7.01. The minimum atomic E-state index is -1.03. The van der Waals surface area contributed by atoms with Gasteiger partial charge in [0.15, 0.2) is 0 Å². The number of hydrogen-bond acceptors (Lipinski definition) is 7. The van der Waals surface area contributed by atoms with Crippen LogP contribution in [0.25, 0.3) is 28.1 Å². The van der Waals surface area contributed by atoms with Gasteiger partial charge in [0.2, 0.25) is 0 Å². The lowest BCUT2D eigenvalue weighted by atomic mass is 10.0. The molecule has 2 aromatic carbocycles. The van der Waals surface area contributed by atoms with Gasteiger partial charge in [0, 0.05) is 30.1 Å². The van der Waals surface area contributed by atoms with Crippen LogP contribution in [0.4, 0.5) is 10.5 Å². The molecule has 0 spiro atoms. The molecule has 0 saturated heterocycles. The third kappa shape index (κ3) is 4.31. The molecule has 0 bridgehead atoms. The number of pyridine rings is 1. The van der Waals surface area contributed by atoms with E-state index >= 15 is 0 Å². The van der Waals surface area contributed by atoms with Crippen molar-refractivity contribution in [1.29, 1.82) is 0 Å². The SMILES string of the molecule is COc1ccc(-n2cnnn2)c(-c2cc3n(c(=O)c2)[C@H](c2ncc(-c4ccc(N(C)C(=O)O)cc4)[nH]2)CC3)c1. The number of aromatic amines is 1. The Balaban J connectivity index is 1.32. The lowest BCUT2D eigenvalue weighted by Crippen LogP contribution is -2.24. The van der Waals surface area contributed by atoms with Crippen LogP contribution >= 0.6 is 0 Å². The van der Waals surface area contributed by atoms with Crippen LogP contribution in [-0.4, -0.2) is 60.1 Å². The molecule has 4 heterocycles. The van der Waals surface area contributed by atoms with E-state index in [2.05, 4.69) is 25.5 Å². The molecule has 0 radical (unpaired) electrons. The second kappa shape index (κ2) is 9.56. The first kappa shape index (κ1) is 24.1. The van der Waals surface area contributed by atoms with Crippen molar-refractivity contribution in [1.82, 2.24) is 34.7 Å². The maximum atomic E-state index is 13.5. The predicted octanol–water partition coefficient (Wildman–Crippen LogP) is 3.54. The lowest BCUT2D eigenvalue weighted by Gasteiger charge is -2.15. The Morgan fingerprint density at radius 3 is 2.67 bits per heavy atom. The number of ether oxygens (including phenoxy) is 1. The van der Waals surface area contributed by atoms with Crippen LogP contribution in [0.2, 0.25) is 0 Å². The van der Waals surface area contributed by atoms with Crippen molar-refractivity contribution in [2.24, 2.45) is 0 Å². The van der Waals surface area contributed by atoms with Gasteiger partial charge in [-0.05, 0) is 70.8 Å². The number of methoxy groups -OCH3 is 1. The summed E-state index contributed by atoms with van der Waals surface area (Å²) in [5, 5.41) is 20.7. The number of amides is 1. The number of H-pyrrole nitrogens is 1. The number of benzene rings is 2. The molecule has 1 amide bonds. The van der Waals surface area contributed by atoms with Gasteiger partial charge in [-0.15, -0.1) is 5.10 Å². The summed E-state index contributed by atoms with van der Waals surface area (Å²) in [5.74, 6) is 1.35. The Hall–Kier alpha value is -5.26. The summed E-state index contributed by atoms with van der Waals surface area (Å²) in [4.78, 5) is 33.8. The quantitative estimate of drug-likeness (QED) is 0.343. The first-order valence-electron chi connectivity index (χ1n) is 12.2. The maximum absolute atomic E-state index is 13.5. The van der Waals surface area contributed by atoms with Crippen molar-refractivity contribution in [2.45, 2.75) is 18.9 Å². The van der Waals surface area contributed by atoms with Crippen molar-refractivity contribution in [3.63, 3.8) is 0 Å². The number of nitrogens with zero attached hydrogens (tertiary/aromatic N) is 7. The standard InChI is InChI=1S/C27H24N8O4/c1-33(27(37)38)18-5-3-16(4-6-18)22-14-28-26(30-22)24-9-7-19-11-17(12-25(36)35(19)24)21-13-20(39-2)8-10-23(21)34-15-29-31-32-34/h3-6,8,10-15,24H,7,9H2,1-2H3,(H,28,30)(H,37,38)/t24-/m0/s1. The van der Waals surface area contributed by atoms with Gasteiger partial charge in [-0.1, -0.05) is 12.1 Å². The molecule has 0 unspecified atom stereocenters. The fraction of sp³-hybridized carbons (Fsp3) is 0.185. The van der Waals surface area contributed by atoms with Gasteiger partial charge in [0.25, 0.3) is 5.56 Å². The highest BCUT2D eigenvalue weighted by Gasteiger charge is 2.28. The van der Waals surface area contributed by atoms with Gasteiger partial charge < -0.3 is 19.4 Å². The zero-order valence-corrected chi connectivity index (χ0v) is 21.1. The van der Waals surface area contributed by atoms with Crippen molar-refractivity contribution in [2.75, 3.05) is 19.1 Å². The molecule has 5 aromatic rings. The summed E-state index contributed by atoms with van der Waals surface area (Å²) < 4.78 is 8.77. The number of tetrazole rings is 1. The number of fused-ring (bicyclic) bond motifs is 1. The lowest BCUT2D eigenvalue weighted by molar-refractivity contribution is 0.203. The second-order valence-electron chi connectivity index (χ2n) is 9.21. The molecule has 196 valence electrons. The average Bonchev–Trinajstić information content (AvgIpc) is 3.73. The van der Waals surface area contributed by atoms with Crippen LogP contribution in [-0.2, 0) is 6.42 Å². The number of carbonyl (C=O) groups is 1. The van der Waals surface area contributed by atoms with E-state index in [1.54, 1.807) is 40.8 Å². The molecule has 1 aliphatic heterocycles. The van der Waals surface area contributed by atoms with E-state index in [9.17, 15) is 14.7 Å². The Bertz CT molecular complexity index is 1720. The molecule has 12 nitrogen and oxygen atoms in total. The summed E-state index contributed by atoms with van der Waals surface area (Å²) in [5.41, 5.74) is 5.26. The van der Waals surface area contributed by atoms with Crippen LogP contribution in [0.3, 0.4) is 0 Å². The number of nitrogens with one attached hydrogen (secondary N) is 1. The number of aryl methyl sites for hydroxylation is 1. The van der Waals surface area contributed by atoms with Crippen molar-refractivity contribution in [3.05, 3.63) is 89.0 Å². The molecule has 12 heteroatoms. The van der Waals surface area contributed by atoms with E-state index < -0.39 is 6.09 Å². The average molecular weight is 525 g/mol. The van der Waals surface area contributed by atoms with Crippen molar-refractivity contribution >= 4 is 11.8 Å². The summed E-state index contributed by atoms with van der Waals surface area (Å²) >= 11 is 0. The monoisotopic (exact) mass is 524 g/mol. The molecular formula is C27H24N8O4. The Kier molecular flexibility index (Phi) is 5.91. The zero-order chi connectivity index (χ0) is 27.1. The first-order valence-corrected chi connectivity index (χ1v) is 12.2. The van der Waals surface area contributed by atoms with E-state index in [0.29, 0.717) is 23.7 Å². The minimum absolute atomic E-state index is 0.130. The number of aromatic nitrogens is 7. The molecule has 39 heavy (non-hydrogen) atoms. The molecule has 1 aliphatic rings. The second-order valence-corrected chi connectivity index (χ2v) is 9.21. The van der Waals surface area contributed by atoms with E-state index in [-0.39, 0.29) is 11.6 Å². The number of rotatable bonds is 6. The van der Waals surface area contributed by atoms with Gasteiger partial charge in [0.1, 0.15) is 17.9 Å². The first-order chi connectivity index (χ1) is 18.9. The molecule has 2 N–H and O–H groups in total. The third-order valence-corrected chi connectivity index (χ3v) is 7.01. The minimum Gasteiger partial charge on any atom is -0.497 e. The van der Waals surface area contributed by atoms with Crippen LogP contribution in [0.1, 0.15) is 24.0 Å². The van der Waals surface area contributed by atoms with Crippen LogP contribution in [0.15, 0.2) is 71.9 Å². The normalized spacial score (nSPS) is 14.3. The number of hydrogen-bond donors (Lipinski definition) is 2. The van der Waals surface area contributed by atoms with Crippen LogP contribution < -0.4 is 15.2 Å². The smallest absolute Gasteiger partial charge is 0.411 e. The predicted molar refractivity (Wildman–Crippen MR) is 142 cm³/mol. The van der Waals surface area contributed by atoms with Gasteiger partial charge in [-0.2, -0.15) is 4.68 Å². The molecule has 3 aromatic heterocycles. The summed E-state index contributed by atoms with van der Waals surface area (Å²) in [6, 6.07) is 16.1. The summed E-state index contributed by atoms with van der Waals surface area (Å²) in [6.07, 6.45) is 3.65. The maximum Gasteiger partial charge on any atom is 0.411 e. The molecule has 6 rings (SSSR count). The Labute approximate surface area is 222 Å². The summed E-state index contributed by atoms with van der Waals surface area (Å²) in [7, 11) is 3.09. The highest BCUT2D eigenvalue weighted by Crippen LogP contribution is 2.35. The van der Waals surface area contributed by atoms with E-state index in [4.69, 9.17) is 4.74 Å². The molecular weight excluding hydrogens is 500 g/mol. The summed E-state index contributed by atoms with van der Waals surface area (Å²) in [6.45, 7) is 0. The highest BCUT2D eigenvalue weighted by atomic mass is 16.5. The van der Waals surface area contributed by atoms with E-state index in [1.807, 2.05) is 36.4 Å². The number of anilines is 1. The fourth-order valence-corrected chi connectivity index (χ4v) is 4.98. The molecule has 0 saturated carbocycles. The van der Waals surface area contributed by atoms with E-state index in [1.165, 1.54) is 13.4 Å². The molecule has 1 atom stereocenters. The van der Waals surface area contributed by atoms with Gasteiger partial charge >= 0.3 is 6.09 Å². The van der Waals surface area contributed by atoms with Gasteiger partial charge in [-0.3, -0.25) is 9.69 Å². The topological polar surface area (TPSA) is 144 Å². The number of imidazole rings is 1.